The molecule has 2 aromatic heterocycles. The van der Waals surface area contributed by atoms with Gasteiger partial charge in [0.15, 0.2) is 11.5 Å². The molecule has 0 aliphatic heterocycles. The second-order valence-electron chi connectivity index (χ2n) is 10.8. The number of hydrogen-bond acceptors (Lipinski definition) is 16. The summed E-state index contributed by atoms with van der Waals surface area (Å²) >= 11 is 0. The van der Waals surface area contributed by atoms with Crippen molar-refractivity contribution in [3.63, 3.8) is 0 Å². The average Bonchev–Trinajstić information content (AvgIpc) is 3.28. The second-order valence-corrected chi connectivity index (χ2v) is 12.8. The van der Waals surface area contributed by atoms with Crippen molar-refractivity contribution in [2.45, 2.75) is 72.3 Å². The minimum absolute atomic E-state index is 0.235. The number of aliphatic carboxylic acids is 2. The maximum Gasteiger partial charge on any atom is 0.510 e. The Kier molecular flexibility index (Phi) is 14.8. The number of carbonyl (C=O) groups excluding carboxylic acids is 2. The Balaban J connectivity index is 0.00000111. The highest BCUT2D eigenvalue weighted by Gasteiger charge is 2.29. The molecule has 0 saturated heterocycles. The van der Waals surface area contributed by atoms with Gasteiger partial charge >= 0.3 is 31.8 Å². The zero-order valence-corrected chi connectivity index (χ0v) is 26.7. The van der Waals surface area contributed by atoms with Crippen molar-refractivity contribution in [2.24, 2.45) is 0 Å². The van der Waals surface area contributed by atoms with Crippen molar-refractivity contribution in [3.05, 3.63) is 24.8 Å². The van der Waals surface area contributed by atoms with E-state index in [1.54, 1.807) is 53.0 Å². The lowest BCUT2D eigenvalue weighted by atomic mass is 10.2. The van der Waals surface area contributed by atoms with Crippen molar-refractivity contribution < 1.29 is 66.7 Å². The Bertz CT molecular complexity index is 1330. The molecule has 0 aliphatic carbocycles. The number of carbonyl (C=O) groups is 4. The quantitative estimate of drug-likeness (QED) is 0.120. The summed E-state index contributed by atoms with van der Waals surface area (Å²) < 4.78 is 50.5. The summed E-state index contributed by atoms with van der Waals surface area (Å²) in [5, 5.41) is 15.6. The first-order valence-corrected chi connectivity index (χ1v) is 14.7. The van der Waals surface area contributed by atoms with E-state index in [-0.39, 0.29) is 12.4 Å². The maximum atomic E-state index is 13.2. The molecule has 0 amide bonds. The number of aromatic nitrogens is 4. The molecule has 20 heteroatoms. The van der Waals surface area contributed by atoms with Crippen LogP contribution in [-0.2, 0) is 53.4 Å². The molecule has 0 saturated carbocycles. The molecule has 0 unspecified atom stereocenters. The fourth-order valence-electron chi connectivity index (χ4n) is 2.70. The molecule has 1 atom stereocenters. The van der Waals surface area contributed by atoms with E-state index in [1.807, 2.05) is 0 Å². The lowest BCUT2D eigenvalue weighted by Crippen LogP contribution is -2.25. The molecule has 4 N–H and O–H groups in total. The van der Waals surface area contributed by atoms with Gasteiger partial charge in [-0.2, -0.15) is 0 Å². The summed E-state index contributed by atoms with van der Waals surface area (Å²) in [6.07, 6.45) is 0.779. The lowest BCUT2D eigenvalue weighted by molar-refractivity contribution is -0.134. The van der Waals surface area contributed by atoms with Gasteiger partial charge in [0.05, 0.1) is 19.0 Å². The second kappa shape index (κ2) is 17.2. The predicted molar refractivity (Wildman–Crippen MR) is 154 cm³/mol. The van der Waals surface area contributed by atoms with Crippen molar-refractivity contribution in [1.29, 1.82) is 0 Å². The van der Waals surface area contributed by atoms with Crippen LogP contribution in [-0.4, -0.2) is 91.2 Å². The third-order valence-corrected chi connectivity index (χ3v) is 5.86. The largest absolute Gasteiger partial charge is 0.510 e. The molecule has 45 heavy (non-hydrogen) atoms. The Hall–Kier alpha value is -4.32. The molecule has 0 spiro atoms. The molecule has 252 valence electrons. The van der Waals surface area contributed by atoms with Gasteiger partial charge < -0.3 is 44.2 Å². The molecule has 2 rings (SSSR count). The van der Waals surface area contributed by atoms with Gasteiger partial charge in [-0.25, -0.2) is 34.1 Å². The maximum absolute atomic E-state index is 13.2. The molecule has 0 radical (unpaired) electrons. The number of nitrogens with two attached hydrogens (primary N) is 1. The van der Waals surface area contributed by atoms with E-state index in [9.17, 15) is 23.7 Å². The van der Waals surface area contributed by atoms with Crippen LogP contribution < -0.4 is 5.73 Å². The molecule has 0 fully saturated rings. The Morgan fingerprint density at radius 3 is 1.84 bits per heavy atom. The first-order chi connectivity index (χ1) is 20.7. The van der Waals surface area contributed by atoms with E-state index >= 15 is 0 Å². The molecule has 19 nitrogen and oxygen atoms in total. The smallest absolute Gasteiger partial charge is 0.478 e. The number of carboxylic acids is 2. The minimum Gasteiger partial charge on any atom is -0.478 e. The number of anilines is 1. The van der Waals surface area contributed by atoms with Crippen LogP contribution in [0.1, 0.15) is 48.5 Å². The molecule has 0 bridgehead atoms. The summed E-state index contributed by atoms with van der Waals surface area (Å²) in [7, 11) is -4.09. The molecule has 2 heterocycles. The third kappa shape index (κ3) is 16.9. The van der Waals surface area contributed by atoms with Crippen LogP contribution in [0.4, 0.5) is 15.4 Å². The highest BCUT2D eigenvalue weighted by Crippen LogP contribution is 2.48. The Morgan fingerprint density at radius 2 is 1.40 bits per heavy atom. The van der Waals surface area contributed by atoms with E-state index in [2.05, 4.69) is 15.0 Å². The van der Waals surface area contributed by atoms with Crippen LogP contribution in [0.15, 0.2) is 24.8 Å². The van der Waals surface area contributed by atoms with Gasteiger partial charge in [0, 0.05) is 12.2 Å². The number of fused-ring (bicyclic) bond motifs is 1. The fraction of sp³-hybridized carbons (Fsp3) is 0.560. The summed E-state index contributed by atoms with van der Waals surface area (Å²) in [6.45, 7) is 10.3. The van der Waals surface area contributed by atoms with E-state index in [0.29, 0.717) is 23.3 Å². The van der Waals surface area contributed by atoms with Crippen LogP contribution in [0.25, 0.3) is 11.2 Å². The molecule has 2 aromatic rings. The average molecular weight is 664 g/mol. The molecule has 0 aliphatic rings. The standard InChI is InChI=1S/C21H34N5O10P.C4H4O4/c1-14(8-26-10-25-15-16(22)23-9-24-17(15)26)32-13-37(29,33-11-30-18(27)35-20(2,3)4)34-12-31-19(28)36-21(5,6)7;5-3(6)1-2-4(7)8/h9-10,14H,8,11-13H2,1-7H3,(H2,22,23,24);1-2H,(H,5,6)(H,7,8)/b;2-1+/t14-;/m1./s1. The predicted octanol–water partition coefficient (Wildman–Crippen LogP) is 3.53. The van der Waals surface area contributed by atoms with Gasteiger partial charge in [-0.15, -0.1) is 0 Å². The van der Waals surface area contributed by atoms with E-state index in [0.717, 1.165) is 0 Å². The fourth-order valence-corrected chi connectivity index (χ4v) is 3.79. The van der Waals surface area contributed by atoms with E-state index in [4.69, 9.17) is 48.7 Å². The molecular weight excluding hydrogens is 625 g/mol. The molecule has 0 aromatic carbocycles. The van der Waals surface area contributed by atoms with Crippen LogP contribution in [0.3, 0.4) is 0 Å². The van der Waals surface area contributed by atoms with Crippen LogP contribution in [0, 0.1) is 0 Å². The number of ether oxygens (including phenoxy) is 5. The normalized spacial score (nSPS) is 12.6. The minimum atomic E-state index is -4.09. The zero-order valence-electron chi connectivity index (χ0n) is 25.8. The highest BCUT2D eigenvalue weighted by atomic mass is 31.2. The number of hydrogen-bond donors (Lipinski definition) is 3. The number of nitrogens with zero attached hydrogens (tertiary/aromatic N) is 4. The first-order valence-electron chi connectivity index (χ1n) is 13.0. The van der Waals surface area contributed by atoms with Gasteiger partial charge in [-0.3, -0.25) is 13.6 Å². The van der Waals surface area contributed by atoms with Crippen molar-refractivity contribution in [3.8, 4) is 0 Å². The first kappa shape index (κ1) is 38.7. The third-order valence-electron chi connectivity index (χ3n) is 4.40. The SMILES string of the molecule is C[C@H](Cn1cnc2c(N)ncnc21)OCP(=O)(OCOC(=O)OC(C)(C)C)OCOC(=O)OC(C)(C)C.O=C(O)/C=C/C(=O)O. The van der Waals surface area contributed by atoms with Crippen LogP contribution >= 0.6 is 7.60 Å². The highest BCUT2D eigenvalue weighted by molar-refractivity contribution is 7.53. The summed E-state index contributed by atoms with van der Waals surface area (Å²) in [4.78, 5) is 54.8. The summed E-state index contributed by atoms with van der Waals surface area (Å²) in [6, 6.07) is 0. The van der Waals surface area contributed by atoms with Crippen LogP contribution in [0.2, 0.25) is 0 Å². The Morgan fingerprint density at radius 1 is 0.911 bits per heavy atom. The summed E-state index contributed by atoms with van der Waals surface area (Å²) in [5.74, 6) is -2.28. The van der Waals surface area contributed by atoms with Crippen molar-refractivity contribution >= 4 is 48.8 Å². The zero-order chi connectivity index (χ0) is 34.4. The van der Waals surface area contributed by atoms with E-state index in [1.165, 1.54) is 12.7 Å². The molecular formula is C25H38N5O14P. The number of carboxylic acid groups (broad SMARTS) is 2. The van der Waals surface area contributed by atoms with Gasteiger partial charge in [-0.05, 0) is 48.5 Å². The van der Waals surface area contributed by atoms with Gasteiger partial charge in [0.25, 0.3) is 0 Å². The number of imidazole rings is 1. The lowest BCUT2D eigenvalue weighted by Gasteiger charge is -2.22. The number of nitrogen functional groups attached to an aromatic ring is 1. The summed E-state index contributed by atoms with van der Waals surface area (Å²) in [5.41, 5.74) is 5.13. The number of rotatable bonds is 13. The van der Waals surface area contributed by atoms with Crippen molar-refractivity contribution in [1.82, 2.24) is 19.5 Å². The van der Waals surface area contributed by atoms with Gasteiger partial charge in [0.2, 0.25) is 13.6 Å². The Labute approximate surface area is 258 Å². The van der Waals surface area contributed by atoms with Gasteiger partial charge in [-0.1, -0.05) is 0 Å². The van der Waals surface area contributed by atoms with E-state index < -0.39 is 69.1 Å². The van der Waals surface area contributed by atoms with Crippen LogP contribution in [0.5, 0.6) is 0 Å². The van der Waals surface area contributed by atoms with Crippen molar-refractivity contribution in [2.75, 3.05) is 25.7 Å². The van der Waals surface area contributed by atoms with Gasteiger partial charge in [0.1, 0.15) is 29.4 Å². The monoisotopic (exact) mass is 663 g/mol. The topological polar surface area (TPSA) is 260 Å².